The number of phenols is 2. The van der Waals surface area contributed by atoms with Crippen molar-refractivity contribution in [2.45, 2.75) is 43.8 Å². The number of rotatable bonds is 6. The molecule has 0 spiro atoms. The highest BCUT2D eigenvalue weighted by molar-refractivity contribution is 6.39. The summed E-state index contributed by atoms with van der Waals surface area (Å²) in [4.78, 5) is 36.0. The Morgan fingerprint density at radius 2 is 1.52 bits per heavy atom. The van der Waals surface area contributed by atoms with Gasteiger partial charge in [0.2, 0.25) is 0 Å². The number of phenolic OH excluding ortho intramolecular Hbond substituents is 2. The maximum absolute atomic E-state index is 14.4. The van der Waals surface area contributed by atoms with E-state index in [0.717, 1.165) is 5.01 Å². The number of nitrogens with zero attached hydrogens (tertiary/aromatic N) is 3. The van der Waals surface area contributed by atoms with Crippen molar-refractivity contribution in [3.05, 3.63) is 77.1 Å². The normalized spacial score (nSPS) is 22.9. The van der Waals surface area contributed by atoms with E-state index in [9.17, 15) is 45.3 Å². The minimum absolute atomic E-state index is 0.0147. The lowest BCUT2D eigenvalue weighted by atomic mass is 9.96. The molecule has 3 aromatic carbocycles. The summed E-state index contributed by atoms with van der Waals surface area (Å²) in [6.45, 7) is -0.917. The van der Waals surface area contributed by atoms with Crippen LogP contribution in [0.25, 0.3) is 43.6 Å². The van der Waals surface area contributed by atoms with Gasteiger partial charge in [0.15, 0.2) is 6.23 Å². The number of H-pyrrole nitrogens is 1. The van der Waals surface area contributed by atoms with Crippen LogP contribution in [-0.2, 0) is 17.9 Å². The van der Waals surface area contributed by atoms with E-state index in [0.29, 0.717) is 38.3 Å². The zero-order valence-corrected chi connectivity index (χ0v) is 24.9. The number of hydrogen-bond acceptors (Lipinski definition) is 12. The molecule has 0 bridgehead atoms. The quantitative estimate of drug-likeness (QED) is 0.114. The van der Waals surface area contributed by atoms with Gasteiger partial charge in [-0.1, -0.05) is 0 Å². The van der Waals surface area contributed by atoms with Crippen molar-refractivity contribution in [3.8, 4) is 11.5 Å². The Kier molecular flexibility index (Phi) is 6.90. The van der Waals surface area contributed by atoms with Crippen LogP contribution in [0.3, 0.4) is 0 Å². The molecule has 246 valence electrons. The number of aromatic hydroxyl groups is 2. The number of benzene rings is 3. The van der Waals surface area contributed by atoms with Crippen LogP contribution in [0.15, 0.2) is 54.9 Å². The first-order chi connectivity index (χ1) is 23.1. The summed E-state index contributed by atoms with van der Waals surface area (Å²) >= 11 is 0. The molecule has 2 amide bonds. The van der Waals surface area contributed by atoms with Crippen LogP contribution in [0.4, 0.5) is 0 Å². The van der Waals surface area contributed by atoms with Gasteiger partial charge >= 0.3 is 0 Å². The summed E-state index contributed by atoms with van der Waals surface area (Å²) in [5.74, 6) is -1.59. The van der Waals surface area contributed by atoms with E-state index >= 15 is 0 Å². The summed E-state index contributed by atoms with van der Waals surface area (Å²) < 4.78 is 7.45. The van der Waals surface area contributed by atoms with Crippen LogP contribution >= 0.6 is 0 Å². The first kappa shape index (κ1) is 30.2. The van der Waals surface area contributed by atoms with Gasteiger partial charge in [0.05, 0.1) is 46.4 Å². The Labute approximate surface area is 269 Å². The fraction of sp³-hybridized carbons (Fsp3) is 0.242. The van der Waals surface area contributed by atoms with Crippen LogP contribution in [0.2, 0.25) is 0 Å². The van der Waals surface area contributed by atoms with Crippen molar-refractivity contribution in [2.75, 3.05) is 6.61 Å². The first-order valence-electron chi connectivity index (χ1n) is 15.1. The summed E-state index contributed by atoms with van der Waals surface area (Å²) in [6.07, 6.45) is -4.81. The average Bonchev–Trinajstić information content (AvgIpc) is 3.69. The van der Waals surface area contributed by atoms with Gasteiger partial charge in [-0.15, -0.1) is 0 Å². The Morgan fingerprint density at radius 1 is 0.833 bits per heavy atom. The van der Waals surface area contributed by atoms with E-state index in [-0.39, 0.29) is 52.2 Å². The molecule has 5 heterocycles. The smallest absolute Gasteiger partial charge is 0.276 e. The lowest BCUT2D eigenvalue weighted by molar-refractivity contribution is -0.249. The molecule has 9 N–H and O–H groups in total. The predicted octanol–water partition coefficient (Wildman–Crippen LogP) is 1.00. The molecule has 0 saturated carbocycles. The molecule has 0 unspecified atom stereocenters. The lowest BCUT2D eigenvalue weighted by Gasteiger charge is -2.41. The second-order valence-electron chi connectivity index (χ2n) is 12.0. The monoisotopic (exact) mass is 655 g/mol. The Bertz CT molecular complexity index is 2310. The van der Waals surface area contributed by atoms with Crippen molar-refractivity contribution in [3.63, 3.8) is 0 Å². The lowest BCUT2D eigenvalue weighted by Crippen LogP contribution is -2.56. The number of aliphatic hydroxyl groups is 5. The number of hydrazine groups is 1. The van der Waals surface area contributed by atoms with Crippen molar-refractivity contribution >= 4 is 55.4 Å². The van der Waals surface area contributed by atoms with E-state index < -0.39 is 49.1 Å². The Morgan fingerprint density at radius 3 is 2.25 bits per heavy atom. The van der Waals surface area contributed by atoms with Gasteiger partial charge in [-0.2, -0.15) is 0 Å². The van der Waals surface area contributed by atoms with E-state index in [2.05, 4.69) is 15.4 Å². The zero-order valence-electron chi connectivity index (χ0n) is 24.9. The maximum atomic E-state index is 14.4. The van der Waals surface area contributed by atoms with Gasteiger partial charge in [-0.05, 0) is 41.5 Å². The Balaban J connectivity index is 1.43. The van der Waals surface area contributed by atoms with Gasteiger partial charge < -0.3 is 50.0 Å². The number of amides is 2. The number of hydrogen-bond donors (Lipinski definition) is 9. The van der Waals surface area contributed by atoms with E-state index in [4.69, 9.17) is 4.74 Å². The highest BCUT2D eigenvalue weighted by atomic mass is 16.6. The molecule has 1 saturated heterocycles. The summed E-state index contributed by atoms with van der Waals surface area (Å²) in [7, 11) is 0. The van der Waals surface area contributed by atoms with Crippen LogP contribution in [0.1, 0.15) is 38.1 Å². The van der Waals surface area contributed by atoms with E-state index in [1.165, 1.54) is 41.2 Å². The largest absolute Gasteiger partial charge is 0.508 e. The number of carbonyl (C=O) groups is 2. The van der Waals surface area contributed by atoms with Crippen LogP contribution in [0, 0.1) is 0 Å². The molecule has 2 aliphatic rings. The van der Waals surface area contributed by atoms with E-state index in [1.54, 1.807) is 18.2 Å². The maximum Gasteiger partial charge on any atom is 0.276 e. The number of aliphatic hydroxyl groups excluding tert-OH is 5. The van der Waals surface area contributed by atoms with Gasteiger partial charge in [0.25, 0.3) is 11.8 Å². The number of carbonyl (C=O) groups excluding carboxylic acids is 2. The highest BCUT2D eigenvalue weighted by Gasteiger charge is 2.47. The number of nitrogens with one attached hydrogen (secondary N) is 2. The average molecular weight is 656 g/mol. The molecule has 5 atom stereocenters. The number of ether oxygens (including phenoxy) is 1. The van der Waals surface area contributed by atoms with Crippen molar-refractivity contribution in [1.82, 2.24) is 25.0 Å². The second kappa shape index (κ2) is 11.0. The third-order valence-electron chi connectivity index (χ3n) is 9.19. The van der Waals surface area contributed by atoms with Crippen molar-refractivity contribution in [1.29, 1.82) is 0 Å². The first-order valence-corrected chi connectivity index (χ1v) is 15.1. The molecular formula is C33H29N5O10. The van der Waals surface area contributed by atoms with Crippen molar-refractivity contribution in [2.24, 2.45) is 0 Å². The number of fused-ring (bicyclic) bond motifs is 10. The SMILES string of the molecule is O=C1c2c(c3c4ccc(O)cc4n([C@@H]4O[C@H](CO)[C@@H](O)[C@H](O)[C@H]4O)c3c3[nH]c4cc(O)ccc4c23)C(=O)N1NCc1cncc(CO)c1. The molecular weight excluding hydrogens is 626 g/mol. The molecule has 15 heteroatoms. The van der Waals surface area contributed by atoms with Gasteiger partial charge in [-0.3, -0.25) is 14.6 Å². The molecule has 0 radical (unpaired) electrons. The van der Waals surface area contributed by atoms with Gasteiger partial charge in [0, 0.05) is 52.6 Å². The molecule has 8 rings (SSSR count). The molecule has 0 aliphatic carbocycles. The summed E-state index contributed by atoms with van der Waals surface area (Å²) in [5, 5.41) is 75.3. The van der Waals surface area contributed by atoms with Crippen LogP contribution in [0.5, 0.6) is 11.5 Å². The van der Waals surface area contributed by atoms with Gasteiger partial charge in [0.1, 0.15) is 35.9 Å². The zero-order chi connectivity index (χ0) is 33.6. The standard InChI is InChI=1S/C33H29N5O10/c39-11-14-5-13(8-34-9-14)10-35-38-31(46)24-22-17-3-1-15(41)6-19(17)36-26(22)27-23(25(24)32(38)47)18-4-2-16(42)7-20(18)37(27)33-30(45)29(44)28(43)21(12-40)48-33/h1-9,21,28-30,33,35-36,39-45H,10-12H2/t21-,28-,29+,30-,33-/m1/s1. The minimum atomic E-state index is -1.74. The third kappa shape index (κ3) is 4.23. The molecule has 3 aromatic heterocycles. The fourth-order valence-corrected chi connectivity index (χ4v) is 7.01. The van der Waals surface area contributed by atoms with Crippen molar-refractivity contribution < 1.29 is 50.1 Å². The van der Waals surface area contributed by atoms with E-state index in [1.807, 2.05) is 0 Å². The predicted molar refractivity (Wildman–Crippen MR) is 169 cm³/mol. The molecule has 1 fully saturated rings. The van der Waals surface area contributed by atoms with Crippen LogP contribution in [-0.4, -0.2) is 98.1 Å². The summed E-state index contributed by atoms with van der Waals surface area (Å²) in [6, 6.07) is 10.5. The van der Waals surface area contributed by atoms with Gasteiger partial charge in [-0.25, -0.2) is 10.4 Å². The Hall–Kier alpha value is -5.13. The highest BCUT2D eigenvalue weighted by Crippen LogP contribution is 2.47. The summed E-state index contributed by atoms with van der Waals surface area (Å²) in [5.41, 5.74) is 5.38. The molecule has 48 heavy (non-hydrogen) atoms. The second-order valence-corrected chi connectivity index (χ2v) is 12.0. The number of aromatic nitrogens is 3. The molecule has 6 aromatic rings. The topological polar surface area (TPSA) is 234 Å². The number of aromatic amines is 1. The number of pyridine rings is 1. The molecule has 2 aliphatic heterocycles. The number of imide groups is 1. The van der Waals surface area contributed by atoms with Crippen LogP contribution < -0.4 is 5.43 Å². The third-order valence-corrected chi connectivity index (χ3v) is 9.19. The molecule has 15 nitrogen and oxygen atoms in total. The minimum Gasteiger partial charge on any atom is -0.508 e. The fourth-order valence-electron chi connectivity index (χ4n) is 7.01.